The second kappa shape index (κ2) is 15.3. The minimum absolute atomic E-state index is 0.0246. The molecule has 1 aliphatic heterocycles. The van der Waals surface area contributed by atoms with Gasteiger partial charge in [-0.2, -0.15) is 4.31 Å². The molecule has 0 amide bonds. The Morgan fingerprint density at radius 2 is 1.61 bits per heavy atom. The van der Waals surface area contributed by atoms with Crippen LogP contribution in [0.5, 0.6) is 0 Å². The molecule has 9 nitrogen and oxygen atoms in total. The Morgan fingerprint density at radius 3 is 2.30 bits per heavy atom. The predicted octanol–water partition coefficient (Wildman–Crippen LogP) is 6.56. The number of nitrogens with one attached hydrogen (secondary N) is 1. The molecule has 1 saturated heterocycles. The largest absolute Gasteiger partial charge is 0.462 e. The van der Waals surface area contributed by atoms with Gasteiger partial charge >= 0.3 is 5.97 Å². The van der Waals surface area contributed by atoms with Gasteiger partial charge in [-0.05, 0) is 92.0 Å². The number of ether oxygens (including phenoxy) is 2. The van der Waals surface area contributed by atoms with E-state index in [1.54, 1.807) is 55.5 Å². The summed E-state index contributed by atoms with van der Waals surface area (Å²) in [5.41, 5.74) is 1.98. The van der Waals surface area contributed by atoms with Gasteiger partial charge in [0.25, 0.3) is 0 Å². The van der Waals surface area contributed by atoms with E-state index < -0.39 is 31.8 Å². The minimum atomic E-state index is -4.19. The van der Waals surface area contributed by atoms with E-state index in [9.17, 15) is 21.6 Å². The molecule has 3 aromatic rings. The molecule has 1 saturated carbocycles. The molecule has 0 atom stereocenters. The van der Waals surface area contributed by atoms with Crippen LogP contribution in [0.4, 0.5) is 5.69 Å². The van der Waals surface area contributed by atoms with E-state index in [1.165, 1.54) is 10.4 Å². The predicted molar refractivity (Wildman–Crippen MR) is 179 cm³/mol. The van der Waals surface area contributed by atoms with Crippen LogP contribution in [-0.4, -0.2) is 53.0 Å². The van der Waals surface area contributed by atoms with Gasteiger partial charge in [-0.3, -0.25) is 4.72 Å². The first-order valence-electron chi connectivity index (χ1n) is 15.8. The van der Waals surface area contributed by atoms with E-state index in [2.05, 4.69) is 4.72 Å². The van der Waals surface area contributed by atoms with Crippen LogP contribution in [-0.2, 0) is 48.2 Å². The van der Waals surface area contributed by atoms with Crippen LogP contribution in [0, 0.1) is 5.92 Å². The lowest BCUT2D eigenvalue weighted by Gasteiger charge is -2.30. The Balaban J connectivity index is 1.52. The number of benzene rings is 3. The van der Waals surface area contributed by atoms with Crippen LogP contribution < -0.4 is 4.72 Å². The fourth-order valence-electron chi connectivity index (χ4n) is 6.24. The van der Waals surface area contributed by atoms with Crippen molar-refractivity contribution in [2.24, 2.45) is 5.92 Å². The average molecular weight is 689 g/mol. The van der Waals surface area contributed by atoms with Crippen molar-refractivity contribution in [3.05, 3.63) is 94.0 Å². The van der Waals surface area contributed by atoms with Crippen LogP contribution in [0.15, 0.2) is 71.6 Å². The fraction of sp³-hybridized carbons (Fsp3) is 0.441. The number of hydrogen-bond donors (Lipinski definition) is 1. The number of carbonyl (C=O) groups excluding carboxylic acids is 1. The molecule has 5 rings (SSSR count). The topological polar surface area (TPSA) is 119 Å². The molecule has 0 aromatic heterocycles. The van der Waals surface area contributed by atoms with Crippen LogP contribution in [0.1, 0.15) is 72.5 Å². The average Bonchev–Trinajstić information content (AvgIpc) is 3.56. The molecule has 2 fully saturated rings. The second-order valence-electron chi connectivity index (χ2n) is 11.9. The van der Waals surface area contributed by atoms with E-state index in [0.29, 0.717) is 30.6 Å². The fourth-order valence-corrected chi connectivity index (χ4v) is 9.55. The molecular weight excluding hydrogens is 648 g/mol. The lowest BCUT2D eigenvalue weighted by atomic mass is 9.92. The first kappa shape index (κ1) is 34.4. The zero-order valence-corrected chi connectivity index (χ0v) is 28.4. The molecule has 1 aliphatic carbocycles. The number of hydrogen-bond acceptors (Lipinski definition) is 7. The van der Waals surface area contributed by atoms with E-state index in [1.807, 2.05) is 12.1 Å². The molecule has 248 valence electrons. The summed E-state index contributed by atoms with van der Waals surface area (Å²) in [7, 11) is -8.35. The quantitative estimate of drug-likeness (QED) is 0.202. The Labute approximate surface area is 277 Å². The monoisotopic (exact) mass is 688 g/mol. The van der Waals surface area contributed by atoms with Gasteiger partial charge in [0.05, 0.1) is 23.6 Å². The summed E-state index contributed by atoms with van der Waals surface area (Å²) in [6, 6.07) is 18.2. The smallest absolute Gasteiger partial charge is 0.338 e. The van der Waals surface area contributed by atoms with Gasteiger partial charge < -0.3 is 9.47 Å². The molecular formula is C34H41ClN2O7S2. The lowest BCUT2D eigenvalue weighted by Crippen LogP contribution is -2.38. The number of nitrogens with zero attached hydrogens (tertiary/aromatic N) is 1. The molecule has 1 heterocycles. The molecule has 2 aliphatic rings. The van der Waals surface area contributed by atoms with E-state index in [-0.39, 0.29) is 40.9 Å². The highest BCUT2D eigenvalue weighted by atomic mass is 35.5. The summed E-state index contributed by atoms with van der Waals surface area (Å²) in [6.07, 6.45) is 5.69. The van der Waals surface area contributed by atoms with Crippen LogP contribution in [0.2, 0.25) is 5.02 Å². The number of halogens is 1. The van der Waals surface area contributed by atoms with Crippen LogP contribution >= 0.6 is 11.6 Å². The summed E-state index contributed by atoms with van der Waals surface area (Å²) in [6.45, 7) is 3.28. The second-order valence-corrected chi connectivity index (χ2v) is 16.0. The highest BCUT2D eigenvalue weighted by Crippen LogP contribution is 2.35. The summed E-state index contributed by atoms with van der Waals surface area (Å²) in [4.78, 5) is 12.4. The molecule has 0 bridgehead atoms. The maximum absolute atomic E-state index is 14.7. The van der Waals surface area contributed by atoms with E-state index in [0.717, 1.165) is 49.7 Å². The Kier molecular flexibility index (Phi) is 11.4. The number of sulfonamides is 2. The molecule has 12 heteroatoms. The molecule has 0 radical (unpaired) electrons. The van der Waals surface area contributed by atoms with Crippen LogP contribution in [0.3, 0.4) is 0 Å². The number of rotatable bonds is 13. The van der Waals surface area contributed by atoms with Gasteiger partial charge in [0.2, 0.25) is 20.0 Å². The highest BCUT2D eigenvalue weighted by Gasteiger charge is 2.36. The zero-order valence-electron chi connectivity index (χ0n) is 26.0. The third-order valence-corrected chi connectivity index (χ3v) is 12.0. The number of esters is 1. The third kappa shape index (κ3) is 8.68. The Bertz CT molecular complexity index is 1720. The molecule has 0 unspecified atom stereocenters. The molecule has 46 heavy (non-hydrogen) atoms. The van der Waals surface area contributed by atoms with Crippen molar-refractivity contribution in [1.82, 2.24) is 4.31 Å². The van der Waals surface area contributed by atoms with Crippen molar-refractivity contribution in [1.29, 1.82) is 0 Å². The van der Waals surface area contributed by atoms with Crippen molar-refractivity contribution in [2.75, 3.05) is 24.5 Å². The van der Waals surface area contributed by atoms with Crippen molar-refractivity contribution in [2.45, 2.75) is 75.1 Å². The zero-order chi connectivity index (χ0) is 32.7. The van der Waals surface area contributed by atoms with Crippen molar-refractivity contribution in [3.8, 4) is 0 Å². The maximum atomic E-state index is 14.7. The summed E-state index contributed by atoms with van der Waals surface area (Å²) >= 11 is 6.11. The standard InChI is InChI=1S/C34H41ClN2O7S2/c1-2-44-34(38)31-10-6-3-7-28(31)24-45(39,40)36-32-16-13-27(21-25-17-19-43-20-18-25)22-33(32)46(41,42)37(30-8-4-5-9-30)23-26-11-14-29(35)15-12-26/h3,6-7,10-16,22,25,30,36H,2,4-5,8-9,17-21,23-24H2,1H3. The van der Waals surface area contributed by atoms with Gasteiger partial charge in [-0.15, -0.1) is 0 Å². The van der Waals surface area contributed by atoms with Gasteiger partial charge in [0, 0.05) is 30.8 Å². The van der Waals surface area contributed by atoms with Gasteiger partial charge in [-0.1, -0.05) is 60.8 Å². The van der Waals surface area contributed by atoms with Crippen molar-refractivity contribution < 1.29 is 31.1 Å². The van der Waals surface area contributed by atoms with Crippen LogP contribution in [0.25, 0.3) is 0 Å². The summed E-state index contributed by atoms with van der Waals surface area (Å²) < 4.78 is 71.4. The summed E-state index contributed by atoms with van der Waals surface area (Å²) in [5.74, 6) is -0.822. The first-order chi connectivity index (χ1) is 22.1. The highest BCUT2D eigenvalue weighted by molar-refractivity contribution is 7.92. The van der Waals surface area contributed by atoms with Gasteiger partial charge in [0.15, 0.2) is 0 Å². The van der Waals surface area contributed by atoms with Gasteiger partial charge in [0.1, 0.15) is 4.90 Å². The van der Waals surface area contributed by atoms with Gasteiger partial charge in [-0.25, -0.2) is 21.6 Å². The summed E-state index contributed by atoms with van der Waals surface area (Å²) in [5, 5.41) is 0.557. The molecule has 0 spiro atoms. The molecule has 1 N–H and O–H groups in total. The Hall–Kier alpha value is -2.96. The third-order valence-electron chi connectivity index (χ3n) is 8.61. The van der Waals surface area contributed by atoms with Crippen molar-refractivity contribution in [3.63, 3.8) is 0 Å². The first-order valence-corrected chi connectivity index (χ1v) is 19.2. The SMILES string of the molecule is CCOC(=O)c1ccccc1CS(=O)(=O)Nc1ccc(CC2CCOCC2)cc1S(=O)(=O)N(Cc1ccc(Cl)cc1)C1CCCC1. The lowest BCUT2D eigenvalue weighted by molar-refractivity contribution is 0.0525. The maximum Gasteiger partial charge on any atom is 0.338 e. The molecule has 3 aromatic carbocycles. The van der Waals surface area contributed by atoms with E-state index >= 15 is 0 Å². The normalized spacial score (nSPS) is 16.5. The Morgan fingerprint density at radius 1 is 0.935 bits per heavy atom. The minimum Gasteiger partial charge on any atom is -0.462 e. The van der Waals surface area contributed by atoms with E-state index in [4.69, 9.17) is 21.1 Å². The number of anilines is 1. The number of carbonyl (C=O) groups is 1. The van der Waals surface area contributed by atoms with Crippen molar-refractivity contribution >= 4 is 43.3 Å².